The third-order valence-electron chi connectivity index (χ3n) is 7.05. The van der Waals surface area contributed by atoms with Crippen LogP contribution in [0.4, 0.5) is 29.3 Å². The van der Waals surface area contributed by atoms with Crippen molar-refractivity contribution in [3.05, 3.63) is 87.8 Å². The lowest BCUT2D eigenvalue weighted by molar-refractivity contribution is -0.137. The maximum absolute atomic E-state index is 13.6. The average Bonchev–Trinajstić information content (AvgIpc) is 3.08. The molecule has 4 rings (SSSR count). The van der Waals surface area contributed by atoms with Crippen molar-refractivity contribution in [3.8, 4) is 0 Å². The van der Waals surface area contributed by atoms with Gasteiger partial charge in [-0.15, -0.1) is 0 Å². The first-order valence-electron chi connectivity index (χ1n) is 13.6. The Morgan fingerprint density at radius 1 is 1.15 bits per heavy atom. The largest absolute Gasteiger partial charge is 0.416 e. The summed E-state index contributed by atoms with van der Waals surface area (Å²) >= 11 is 0.989. The zero-order valence-corrected chi connectivity index (χ0v) is 24.1. The van der Waals surface area contributed by atoms with Gasteiger partial charge in [-0.25, -0.2) is 4.98 Å². The molecule has 0 fully saturated rings. The number of hydrogen-bond acceptors (Lipinski definition) is 4. The molecule has 1 aromatic heterocycles. The van der Waals surface area contributed by atoms with Crippen LogP contribution in [-0.4, -0.2) is 27.9 Å². The summed E-state index contributed by atoms with van der Waals surface area (Å²) in [6.45, 7) is 10.5. The number of benzene rings is 2. The van der Waals surface area contributed by atoms with Gasteiger partial charge in [0.25, 0.3) is 5.24 Å². The number of amides is 1. The molecule has 9 heteroatoms. The van der Waals surface area contributed by atoms with Crippen LogP contribution in [-0.2, 0) is 19.1 Å². The van der Waals surface area contributed by atoms with Crippen molar-refractivity contribution < 1.29 is 18.0 Å². The fraction of sp³-hybridized carbons (Fsp3) is 0.355. The number of aryl methyl sites for hydroxylation is 1. The van der Waals surface area contributed by atoms with Gasteiger partial charge in [0.1, 0.15) is 5.82 Å². The fourth-order valence-corrected chi connectivity index (χ4v) is 5.89. The average molecular weight is 569 g/mol. The minimum atomic E-state index is -4.48. The number of anilines is 2. The number of hydrogen-bond donors (Lipinski definition) is 1. The molecule has 212 valence electrons. The van der Waals surface area contributed by atoms with Crippen molar-refractivity contribution in [2.45, 2.75) is 58.5 Å². The number of thioether (sulfide) groups is 1. The Morgan fingerprint density at radius 2 is 1.93 bits per heavy atom. The SMILES string of the molecule is CCN(CC)c1ccc(NC(=O)SC(Cc2nc3c(n2CC)=CCC=CC=3)c2cccc(C(F)(F)F)c2)c(C)c1. The molecule has 0 aliphatic heterocycles. The van der Waals surface area contributed by atoms with E-state index in [0.29, 0.717) is 24.2 Å². The standard InChI is InChI=1S/C31H35F3N4OS/c1-5-37(6-2)24-16-17-25(21(4)18-24)36-30(39)40-28(22-12-11-13-23(19-22)31(32,33)34)20-29-35-26-14-9-8-10-15-27(26)38(29)7-3/h8-9,11-19,28H,5-7,10,20H2,1-4H3,(H,36,39). The number of nitrogens with zero attached hydrogens (tertiary/aromatic N) is 3. The minimum absolute atomic E-state index is 0.297. The van der Waals surface area contributed by atoms with Crippen molar-refractivity contribution in [3.63, 3.8) is 0 Å². The Kier molecular flexibility index (Phi) is 9.45. The number of fused-ring (bicyclic) bond motifs is 1. The maximum atomic E-state index is 13.6. The van der Waals surface area contributed by atoms with Gasteiger partial charge in [0, 0.05) is 42.7 Å². The van der Waals surface area contributed by atoms with Gasteiger partial charge in [-0.1, -0.05) is 48.2 Å². The van der Waals surface area contributed by atoms with Gasteiger partial charge in [0.2, 0.25) is 0 Å². The van der Waals surface area contributed by atoms with Gasteiger partial charge in [0.05, 0.1) is 16.3 Å². The highest BCUT2D eigenvalue weighted by Gasteiger charge is 2.31. The van der Waals surface area contributed by atoms with Crippen LogP contribution in [0.3, 0.4) is 0 Å². The number of aromatic nitrogens is 2. The number of allylic oxidation sites excluding steroid dienone is 2. The summed E-state index contributed by atoms with van der Waals surface area (Å²) in [7, 11) is 0. The van der Waals surface area contributed by atoms with E-state index in [-0.39, 0.29) is 5.24 Å². The number of alkyl halides is 3. The molecular weight excluding hydrogens is 533 g/mol. The number of rotatable bonds is 9. The molecule has 0 saturated heterocycles. The first-order chi connectivity index (χ1) is 19.1. The van der Waals surface area contributed by atoms with Crippen molar-refractivity contribution in [1.82, 2.24) is 9.55 Å². The van der Waals surface area contributed by atoms with Crippen molar-refractivity contribution in [2.75, 3.05) is 23.3 Å². The number of carbonyl (C=O) groups excluding carboxylic acids is 1. The Bertz CT molecular complexity index is 1510. The Balaban J connectivity index is 1.65. The molecule has 2 aromatic carbocycles. The molecule has 5 nitrogen and oxygen atoms in total. The van der Waals surface area contributed by atoms with E-state index in [1.54, 1.807) is 6.07 Å². The molecule has 0 saturated carbocycles. The van der Waals surface area contributed by atoms with E-state index in [9.17, 15) is 18.0 Å². The van der Waals surface area contributed by atoms with Crippen LogP contribution >= 0.6 is 11.8 Å². The Morgan fingerprint density at radius 3 is 2.60 bits per heavy atom. The number of carbonyl (C=O) groups is 1. The van der Waals surface area contributed by atoms with Gasteiger partial charge in [-0.2, -0.15) is 13.2 Å². The van der Waals surface area contributed by atoms with E-state index in [1.807, 2.05) is 50.3 Å². The number of imidazole rings is 1. The molecule has 1 N–H and O–H groups in total. The van der Waals surface area contributed by atoms with E-state index in [1.165, 1.54) is 6.07 Å². The number of nitrogens with one attached hydrogen (secondary N) is 1. The zero-order chi connectivity index (χ0) is 28.9. The molecule has 1 amide bonds. The third kappa shape index (κ3) is 6.81. The van der Waals surface area contributed by atoms with Gasteiger partial charge >= 0.3 is 6.18 Å². The lowest BCUT2D eigenvalue weighted by atomic mass is 10.1. The van der Waals surface area contributed by atoms with Gasteiger partial charge in [-0.3, -0.25) is 4.79 Å². The van der Waals surface area contributed by atoms with E-state index in [2.05, 4.69) is 34.7 Å². The second-order valence-corrected chi connectivity index (χ2v) is 10.8. The Labute approximate surface area is 237 Å². The number of halogens is 3. The van der Waals surface area contributed by atoms with Gasteiger partial charge in [0.15, 0.2) is 0 Å². The molecular formula is C31H35F3N4OS. The summed E-state index contributed by atoms with van der Waals surface area (Å²) in [5, 5.41) is 3.86. The second-order valence-electron chi connectivity index (χ2n) is 9.60. The summed E-state index contributed by atoms with van der Waals surface area (Å²) < 4.78 is 42.8. The maximum Gasteiger partial charge on any atom is 0.416 e. The summed E-state index contributed by atoms with van der Waals surface area (Å²) in [4.78, 5) is 20.4. The van der Waals surface area contributed by atoms with E-state index in [0.717, 1.165) is 71.2 Å². The van der Waals surface area contributed by atoms with Crippen molar-refractivity contribution in [1.29, 1.82) is 0 Å². The first kappa shape index (κ1) is 29.5. The lowest BCUT2D eigenvalue weighted by Crippen LogP contribution is -2.29. The summed E-state index contributed by atoms with van der Waals surface area (Å²) in [6, 6.07) is 11.1. The zero-order valence-electron chi connectivity index (χ0n) is 23.3. The van der Waals surface area contributed by atoms with Crippen LogP contribution in [0.2, 0.25) is 0 Å². The predicted octanol–water partition coefficient (Wildman–Crippen LogP) is 6.85. The van der Waals surface area contributed by atoms with Crippen LogP contribution in [0.1, 0.15) is 55.0 Å². The Hall–Kier alpha value is -3.46. The highest BCUT2D eigenvalue weighted by atomic mass is 32.2. The smallest absolute Gasteiger partial charge is 0.372 e. The molecule has 40 heavy (non-hydrogen) atoms. The van der Waals surface area contributed by atoms with Crippen LogP contribution in [0.15, 0.2) is 54.6 Å². The highest BCUT2D eigenvalue weighted by Crippen LogP contribution is 2.37. The molecule has 0 bridgehead atoms. The molecule has 1 unspecified atom stereocenters. The van der Waals surface area contributed by atoms with Crippen LogP contribution in [0.25, 0.3) is 12.2 Å². The van der Waals surface area contributed by atoms with E-state index in [4.69, 9.17) is 4.98 Å². The topological polar surface area (TPSA) is 50.2 Å². The van der Waals surface area contributed by atoms with Gasteiger partial charge in [-0.05, 0) is 75.6 Å². The molecule has 1 aliphatic carbocycles. The molecule has 1 atom stereocenters. The van der Waals surface area contributed by atoms with Crippen LogP contribution in [0, 0.1) is 6.92 Å². The van der Waals surface area contributed by atoms with Crippen molar-refractivity contribution >= 4 is 40.5 Å². The normalized spacial score (nSPS) is 13.6. The third-order valence-corrected chi connectivity index (χ3v) is 8.09. The van der Waals surface area contributed by atoms with E-state index < -0.39 is 17.0 Å². The van der Waals surface area contributed by atoms with Gasteiger partial charge < -0.3 is 14.8 Å². The quantitative estimate of drug-likeness (QED) is 0.307. The second kappa shape index (κ2) is 12.8. The minimum Gasteiger partial charge on any atom is -0.372 e. The molecule has 0 spiro atoms. The molecule has 1 aliphatic rings. The predicted molar refractivity (Wildman–Crippen MR) is 159 cm³/mol. The summed E-state index contributed by atoms with van der Waals surface area (Å²) in [5.41, 5.74) is 2.36. The van der Waals surface area contributed by atoms with Crippen molar-refractivity contribution in [2.24, 2.45) is 0 Å². The first-order valence-corrected chi connectivity index (χ1v) is 14.4. The van der Waals surface area contributed by atoms with E-state index >= 15 is 0 Å². The monoisotopic (exact) mass is 568 g/mol. The van der Waals surface area contributed by atoms with Crippen LogP contribution < -0.4 is 20.9 Å². The lowest BCUT2D eigenvalue weighted by Gasteiger charge is -2.22. The molecule has 0 radical (unpaired) electrons. The summed E-state index contributed by atoms with van der Waals surface area (Å²) in [5.74, 6) is 0.734. The van der Waals surface area contributed by atoms with Crippen LogP contribution in [0.5, 0.6) is 0 Å². The highest BCUT2D eigenvalue weighted by molar-refractivity contribution is 8.14. The molecule has 1 heterocycles. The fourth-order valence-electron chi connectivity index (χ4n) is 4.95. The molecule has 3 aromatic rings. The summed E-state index contributed by atoms with van der Waals surface area (Å²) in [6.07, 6.45) is 4.63.